The molecule has 38 heavy (non-hydrogen) atoms. The van der Waals surface area contributed by atoms with E-state index in [0.717, 1.165) is 54.3 Å². The number of rotatable bonds is 7. The molecule has 1 heterocycles. The number of hydrogen-bond donors (Lipinski definition) is 2. The van der Waals surface area contributed by atoms with E-state index in [2.05, 4.69) is 20.8 Å². The van der Waals surface area contributed by atoms with Gasteiger partial charge in [-0.05, 0) is 85.4 Å². The van der Waals surface area contributed by atoms with Gasteiger partial charge in [0.1, 0.15) is 5.75 Å². The topological polar surface area (TPSA) is 69.3 Å². The van der Waals surface area contributed by atoms with Crippen molar-refractivity contribution in [3.63, 3.8) is 0 Å². The molecule has 2 aliphatic rings. The molecule has 3 aromatic rings. The van der Waals surface area contributed by atoms with Crippen LogP contribution < -0.4 is 15.8 Å². The van der Waals surface area contributed by atoms with Gasteiger partial charge >= 0.3 is 6.36 Å². The van der Waals surface area contributed by atoms with Gasteiger partial charge in [-0.2, -0.15) is 0 Å². The maximum atomic E-state index is 13.1. The Bertz CT molecular complexity index is 1260. The van der Waals surface area contributed by atoms with Gasteiger partial charge in [0.05, 0.1) is 6.42 Å². The lowest BCUT2D eigenvalue weighted by atomic mass is 9.89. The molecule has 0 atom stereocenters. The molecule has 1 amide bonds. The average molecular weight is 528 g/mol. The van der Waals surface area contributed by atoms with E-state index in [1.807, 2.05) is 18.2 Å². The van der Waals surface area contributed by atoms with Crippen LogP contribution in [0, 0.1) is 5.92 Å². The first-order chi connectivity index (χ1) is 18.2. The van der Waals surface area contributed by atoms with Crippen molar-refractivity contribution in [1.82, 2.24) is 9.88 Å². The number of carbonyl (C=O) groups excluding carboxylic acids is 1. The van der Waals surface area contributed by atoms with Crippen molar-refractivity contribution in [3.05, 3.63) is 54.2 Å². The second-order valence-electron chi connectivity index (χ2n) is 11.0. The molecular formula is C30H36F3N3O2. The normalized spacial score (nSPS) is 20.9. The van der Waals surface area contributed by atoms with E-state index in [1.165, 1.54) is 44.2 Å². The van der Waals surface area contributed by atoms with Crippen LogP contribution in [0.5, 0.6) is 5.75 Å². The number of hydrogen-bond acceptors (Lipinski definition) is 3. The minimum atomic E-state index is -4.75. The third-order valence-electron chi connectivity index (χ3n) is 8.03. The molecule has 5 nitrogen and oxygen atoms in total. The second kappa shape index (κ2) is 11.4. The Labute approximate surface area is 221 Å². The van der Waals surface area contributed by atoms with Gasteiger partial charge in [0.15, 0.2) is 0 Å². The first-order valence-electron chi connectivity index (χ1n) is 13.8. The Kier molecular flexibility index (Phi) is 7.98. The Balaban J connectivity index is 1.43. The van der Waals surface area contributed by atoms with Gasteiger partial charge in [-0.25, -0.2) is 0 Å². The van der Waals surface area contributed by atoms with E-state index in [4.69, 9.17) is 5.73 Å². The maximum absolute atomic E-state index is 13.1. The molecule has 0 bridgehead atoms. The summed E-state index contributed by atoms with van der Waals surface area (Å²) >= 11 is 0. The molecule has 0 saturated heterocycles. The zero-order chi connectivity index (χ0) is 26.7. The van der Waals surface area contributed by atoms with Crippen LogP contribution in [0.2, 0.25) is 0 Å². The number of carbonyl (C=O) groups is 1. The number of alkyl halides is 3. The monoisotopic (exact) mass is 527 g/mol. The minimum Gasteiger partial charge on any atom is -0.406 e. The Morgan fingerprint density at radius 3 is 2.45 bits per heavy atom. The number of fused-ring (bicyclic) bond motifs is 1. The van der Waals surface area contributed by atoms with E-state index in [9.17, 15) is 18.0 Å². The van der Waals surface area contributed by atoms with Crippen LogP contribution in [-0.2, 0) is 17.8 Å². The molecule has 2 aromatic carbocycles. The van der Waals surface area contributed by atoms with Crippen LogP contribution in [0.1, 0.15) is 63.4 Å². The standard InChI is InChI=1S/C30H36F3N3O2/c31-30(32,33)38-26-8-4-7-21(15-26)22-9-14-28-27(16-22)23(19-36(28)18-20-5-2-1-3-6-20)17-29(37)35-25-12-10-24(34)11-13-25/h4,7-9,14-16,19-20,24-25H,1-3,5-6,10-13,17-18,34H2,(H,35,37). The number of nitrogens with two attached hydrogens (primary N) is 1. The first-order valence-corrected chi connectivity index (χ1v) is 13.8. The fraction of sp³-hybridized carbons (Fsp3) is 0.500. The third-order valence-corrected chi connectivity index (χ3v) is 8.03. The zero-order valence-electron chi connectivity index (χ0n) is 21.6. The van der Waals surface area contributed by atoms with Gasteiger partial charge in [0.2, 0.25) is 5.91 Å². The number of ether oxygens (including phenoxy) is 1. The maximum Gasteiger partial charge on any atom is 0.573 e. The summed E-state index contributed by atoms with van der Waals surface area (Å²) in [6.07, 6.45) is 7.48. The van der Waals surface area contributed by atoms with Crippen molar-refractivity contribution in [2.24, 2.45) is 11.7 Å². The smallest absolute Gasteiger partial charge is 0.406 e. The molecule has 8 heteroatoms. The molecule has 3 N–H and O–H groups in total. The lowest BCUT2D eigenvalue weighted by molar-refractivity contribution is -0.274. The largest absolute Gasteiger partial charge is 0.573 e. The highest BCUT2D eigenvalue weighted by molar-refractivity contribution is 5.92. The lowest BCUT2D eigenvalue weighted by Crippen LogP contribution is -2.41. The Hall–Kier alpha value is -3.00. The minimum absolute atomic E-state index is 0.00633. The number of aromatic nitrogens is 1. The highest BCUT2D eigenvalue weighted by Gasteiger charge is 2.31. The lowest BCUT2D eigenvalue weighted by Gasteiger charge is -2.26. The fourth-order valence-electron chi connectivity index (χ4n) is 6.08. The number of nitrogens with one attached hydrogen (secondary N) is 1. The van der Waals surface area contributed by atoms with Gasteiger partial charge in [-0.3, -0.25) is 4.79 Å². The van der Waals surface area contributed by atoms with Crippen molar-refractivity contribution in [2.45, 2.75) is 89.2 Å². The predicted molar refractivity (Wildman–Crippen MR) is 143 cm³/mol. The van der Waals surface area contributed by atoms with Gasteiger partial charge < -0.3 is 20.4 Å². The van der Waals surface area contributed by atoms with Crippen LogP contribution in [-0.4, -0.2) is 28.9 Å². The molecule has 0 aliphatic heterocycles. The molecular weight excluding hydrogens is 491 g/mol. The van der Waals surface area contributed by atoms with Crippen molar-refractivity contribution < 1.29 is 22.7 Å². The molecule has 2 saturated carbocycles. The first kappa shape index (κ1) is 26.6. The van der Waals surface area contributed by atoms with Crippen molar-refractivity contribution in [3.8, 4) is 16.9 Å². The molecule has 0 radical (unpaired) electrons. The van der Waals surface area contributed by atoms with E-state index in [1.54, 1.807) is 12.1 Å². The predicted octanol–water partition coefficient (Wildman–Crippen LogP) is 6.72. The highest BCUT2D eigenvalue weighted by atomic mass is 19.4. The number of halogens is 3. The van der Waals surface area contributed by atoms with Crippen molar-refractivity contribution >= 4 is 16.8 Å². The summed E-state index contributed by atoms with van der Waals surface area (Å²) in [5, 5.41) is 4.15. The van der Waals surface area contributed by atoms with E-state index < -0.39 is 6.36 Å². The summed E-state index contributed by atoms with van der Waals surface area (Å²) in [6, 6.07) is 12.3. The third kappa shape index (κ3) is 6.70. The quantitative estimate of drug-likeness (QED) is 0.359. The summed E-state index contributed by atoms with van der Waals surface area (Å²) in [7, 11) is 0. The van der Waals surface area contributed by atoms with Crippen molar-refractivity contribution in [2.75, 3.05) is 0 Å². The van der Waals surface area contributed by atoms with Gasteiger partial charge in [-0.15, -0.1) is 13.2 Å². The van der Waals surface area contributed by atoms with Gasteiger partial charge in [0.25, 0.3) is 0 Å². The van der Waals surface area contributed by atoms with Crippen LogP contribution >= 0.6 is 0 Å². The van der Waals surface area contributed by atoms with Crippen LogP contribution in [0.15, 0.2) is 48.7 Å². The molecule has 0 unspecified atom stereocenters. The number of nitrogens with zero attached hydrogens (tertiary/aromatic N) is 1. The highest BCUT2D eigenvalue weighted by Crippen LogP contribution is 2.33. The molecule has 0 spiro atoms. The number of amides is 1. The SMILES string of the molecule is NC1CCC(NC(=O)Cc2cn(CC3CCCCC3)c3ccc(-c4cccc(OC(F)(F)F)c4)cc23)CC1. The molecule has 2 fully saturated rings. The Morgan fingerprint density at radius 1 is 0.974 bits per heavy atom. The van der Waals surface area contributed by atoms with Crippen LogP contribution in [0.4, 0.5) is 13.2 Å². The van der Waals surface area contributed by atoms with Crippen molar-refractivity contribution in [1.29, 1.82) is 0 Å². The van der Waals surface area contributed by atoms with E-state index >= 15 is 0 Å². The van der Waals surface area contributed by atoms with Crippen LogP contribution in [0.3, 0.4) is 0 Å². The summed E-state index contributed by atoms with van der Waals surface area (Å²) in [6.45, 7) is 0.910. The molecule has 2 aliphatic carbocycles. The fourth-order valence-corrected chi connectivity index (χ4v) is 6.08. The molecule has 5 rings (SSSR count). The summed E-state index contributed by atoms with van der Waals surface area (Å²) < 4.78 is 44.7. The van der Waals surface area contributed by atoms with Crippen LogP contribution in [0.25, 0.3) is 22.0 Å². The van der Waals surface area contributed by atoms with Gasteiger partial charge in [0, 0.05) is 35.7 Å². The summed E-state index contributed by atoms with van der Waals surface area (Å²) in [4.78, 5) is 13.1. The summed E-state index contributed by atoms with van der Waals surface area (Å²) in [5.74, 6) is 0.355. The van der Waals surface area contributed by atoms with E-state index in [0.29, 0.717) is 11.5 Å². The molecule has 1 aromatic heterocycles. The number of benzene rings is 2. The van der Waals surface area contributed by atoms with E-state index in [-0.39, 0.29) is 30.2 Å². The molecule has 204 valence electrons. The summed E-state index contributed by atoms with van der Waals surface area (Å²) in [5.41, 5.74) is 9.41. The Morgan fingerprint density at radius 2 is 1.71 bits per heavy atom. The van der Waals surface area contributed by atoms with Gasteiger partial charge in [-0.1, -0.05) is 37.5 Å². The zero-order valence-corrected chi connectivity index (χ0v) is 21.6. The average Bonchev–Trinajstić information content (AvgIpc) is 3.21. The second-order valence-corrected chi connectivity index (χ2v) is 11.0.